The molecule has 1 saturated heterocycles. The zero-order valence-electron chi connectivity index (χ0n) is 10.3. The Morgan fingerprint density at radius 1 is 1.61 bits per heavy atom. The van der Waals surface area contributed by atoms with Gasteiger partial charge in [0, 0.05) is 29.2 Å². The smallest absolute Gasteiger partial charge is 0.251 e. The van der Waals surface area contributed by atoms with E-state index in [9.17, 15) is 4.79 Å². The van der Waals surface area contributed by atoms with Crippen LogP contribution in [0.4, 0.5) is 0 Å². The summed E-state index contributed by atoms with van der Waals surface area (Å²) in [5.41, 5.74) is 1.68. The third-order valence-electron chi connectivity index (χ3n) is 2.94. The zero-order chi connectivity index (χ0) is 13.0. The fourth-order valence-corrected chi connectivity index (χ4v) is 2.42. The maximum absolute atomic E-state index is 12.0. The van der Waals surface area contributed by atoms with Gasteiger partial charge in [0.25, 0.3) is 5.91 Å². The molecule has 0 spiro atoms. The Labute approximate surface area is 115 Å². The Morgan fingerprint density at radius 3 is 3.11 bits per heavy atom. The number of nitrogens with one attached hydrogen (secondary N) is 2. The summed E-state index contributed by atoms with van der Waals surface area (Å²) in [6.07, 6.45) is 0. The van der Waals surface area contributed by atoms with Gasteiger partial charge in [0.15, 0.2) is 0 Å². The summed E-state index contributed by atoms with van der Waals surface area (Å²) in [7, 11) is 0. The highest BCUT2D eigenvalue weighted by Crippen LogP contribution is 2.15. The molecule has 5 heteroatoms. The average molecular weight is 313 g/mol. The fraction of sp³-hybridized carbons (Fsp3) is 0.462. The molecule has 1 aromatic carbocycles. The molecule has 0 aliphatic carbocycles. The van der Waals surface area contributed by atoms with Gasteiger partial charge in [0.2, 0.25) is 0 Å². The summed E-state index contributed by atoms with van der Waals surface area (Å²) in [5, 5.41) is 6.23. The lowest BCUT2D eigenvalue weighted by Crippen LogP contribution is -2.48. The van der Waals surface area contributed by atoms with E-state index in [4.69, 9.17) is 4.74 Å². The van der Waals surface area contributed by atoms with Crippen molar-refractivity contribution in [2.75, 3.05) is 26.3 Å². The van der Waals surface area contributed by atoms with Crippen molar-refractivity contribution in [3.63, 3.8) is 0 Å². The van der Waals surface area contributed by atoms with E-state index < -0.39 is 0 Å². The van der Waals surface area contributed by atoms with Crippen LogP contribution >= 0.6 is 15.9 Å². The van der Waals surface area contributed by atoms with Crippen LogP contribution in [0.5, 0.6) is 0 Å². The number of carbonyl (C=O) groups is 1. The minimum Gasteiger partial charge on any atom is -0.378 e. The second-order valence-electron chi connectivity index (χ2n) is 4.40. The molecular formula is C13H17BrN2O2. The molecule has 0 saturated carbocycles. The lowest BCUT2D eigenvalue weighted by molar-refractivity contribution is 0.0734. The van der Waals surface area contributed by atoms with Crippen molar-refractivity contribution in [1.29, 1.82) is 0 Å². The second-order valence-corrected chi connectivity index (χ2v) is 5.31. The summed E-state index contributed by atoms with van der Waals surface area (Å²) in [5.74, 6) is -0.0348. The van der Waals surface area contributed by atoms with Crippen molar-refractivity contribution in [1.82, 2.24) is 10.6 Å². The first kappa shape index (κ1) is 13.5. The summed E-state index contributed by atoms with van der Waals surface area (Å²) in [4.78, 5) is 12.0. The normalized spacial score (nSPS) is 19.6. The van der Waals surface area contributed by atoms with Gasteiger partial charge in [-0.05, 0) is 30.7 Å². The molecule has 1 fully saturated rings. The first-order valence-electron chi connectivity index (χ1n) is 6.02. The molecule has 1 atom stereocenters. The molecule has 0 bridgehead atoms. The Kier molecular flexibility index (Phi) is 4.74. The number of carbonyl (C=O) groups excluding carboxylic acids is 1. The van der Waals surface area contributed by atoms with E-state index in [2.05, 4.69) is 26.6 Å². The van der Waals surface area contributed by atoms with Crippen LogP contribution in [0.25, 0.3) is 0 Å². The fourth-order valence-electron chi connectivity index (χ4n) is 1.94. The summed E-state index contributed by atoms with van der Waals surface area (Å²) in [6.45, 7) is 4.77. The number of ether oxygens (including phenoxy) is 1. The third kappa shape index (κ3) is 3.54. The number of hydrogen-bond acceptors (Lipinski definition) is 3. The number of halogens is 1. The topological polar surface area (TPSA) is 50.4 Å². The van der Waals surface area contributed by atoms with Crippen molar-refractivity contribution >= 4 is 21.8 Å². The maximum atomic E-state index is 12.0. The highest BCUT2D eigenvalue weighted by molar-refractivity contribution is 9.10. The molecule has 1 aliphatic heterocycles. The molecule has 0 radical (unpaired) electrons. The Morgan fingerprint density at radius 2 is 2.44 bits per heavy atom. The standard InChI is InChI=1S/C13H17BrN2O2/c1-9-6-10(14)2-3-12(9)13(17)16-7-11-8-18-5-4-15-11/h2-3,6,11,15H,4-5,7-8H2,1H3,(H,16,17). The van der Waals surface area contributed by atoms with Crippen LogP contribution in [0.2, 0.25) is 0 Å². The van der Waals surface area contributed by atoms with Gasteiger partial charge in [-0.25, -0.2) is 0 Å². The highest BCUT2D eigenvalue weighted by Gasteiger charge is 2.15. The SMILES string of the molecule is Cc1cc(Br)ccc1C(=O)NCC1COCCN1. The van der Waals surface area contributed by atoms with Gasteiger partial charge in [-0.2, -0.15) is 0 Å². The first-order valence-corrected chi connectivity index (χ1v) is 6.81. The lowest BCUT2D eigenvalue weighted by Gasteiger charge is -2.24. The van der Waals surface area contributed by atoms with Crippen molar-refractivity contribution < 1.29 is 9.53 Å². The highest BCUT2D eigenvalue weighted by atomic mass is 79.9. The van der Waals surface area contributed by atoms with Crippen LogP contribution in [-0.4, -0.2) is 38.3 Å². The van der Waals surface area contributed by atoms with E-state index in [1.54, 1.807) is 0 Å². The molecule has 1 unspecified atom stereocenters. The lowest BCUT2D eigenvalue weighted by atomic mass is 10.1. The summed E-state index contributed by atoms with van der Waals surface area (Å²) < 4.78 is 6.32. The number of hydrogen-bond donors (Lipinski definition) is 2. The van der Waals surface area contributed by atoms with Gasteiger partial charge in [-0.1, -0.05) is 15.9 Å². The van der Waals surface area contributed by atoms with Crippen LogP contribution in [0.3, 0.4) is 0 Å². The van der Waals surface area contributed by atoms with E-state index in [1.807, 2.05) is 25.1 Å². The molecule has 1 heterocycles. The summed E-state index contributed by atoms with van der Waals surface area (Å²) in [6, 6.07) is 5.86. The van der Waals surface area contributed by atoms with Crippen LogP contribution in [0.15, 0.2) is 22.7 Å². The van der Waals surface area contributed by atoms with Crippen LogP contribution < -0.4 is 10.6 Å². The van der Waals surface area contributed by atoms with E-state index in [1.165, 1.54) is 0 Å². The van der Waals surface area contributed by atoms with E-state index in [0.717, 1.165) is 28.8 Å². The van der Waals surface area contributed by atoms with Gasteiger partial charge in [-0.3, -0.25) is 4.79 Å². The number of rotatable bonds is 3. The molecule has 1 amide bonds. The Hall–Kier alpha value is -0.910. The van der Waals surface area contributed by atoms with Crippen molar-refractivity contribution in [2.24, 2.45) is 0 Å². The number of morpholine rings is 1. The molecule has 4 nitrogen and oxygen atoms in total. The van der Waals surface area contributed by atoms with Crippen molar-refractivity contribution in [3.8, 4) is 0 Å². The van der Waals surface area contributed by atoms with Gasteiger partial charge >= 0.3 is 0 Å². The van der Waals surface area contributed by atoms with Crippen LogP contribution in [0, 0.1) is 6.92 Å². The molecule has 2 N–H and O–H groups in total. The quantitative estimate of drug-likeness (QED) is 0.889. The second kappa shape index (κ2) is 6.31. The number of aryl methyl sites for hydroxylation is 1. The third-order valence-corrected chi connectivity index (χ3v) is 3.43. The molecule has 0 aromatic heterocycles. The zero-order valence-corrected chi connectivity index (χ0v) is 11.9. The average Bonchev–Trinajstić information content (AvgIpc) is 2.37. The van der Waals surface area contributed by atoms with Gasteiger partial charge in [-0.15, -0.1) is 0 Å². The van der Waals surface area contributed by atoms with Crippen molar-refractivity contribution in [3.05, 3.63) is 33.8 Å². The first-order chi connectivity index (χ1) is 8.66. The monoisotopic (exact) mass is 312 g/mol. The molecule has 18 heavy (non-hydrogen) atoms. The molecular weight excluding hydrogens is 296 g/mol. The van der Waals surface area contributed by atoms with E-state index in [0.29, 0.717) is 13.2 Å². The van der Waals surface area contributed by atoms with Gasteiger partial charge in [0.05, 0.1) is 13.2 Å². The molecule has 1 aromatic rings. The Bertz CT molecular complexity index is 431. The van der Waals surface area contributed by atoms with Gasteiger partial charge in [0.1, 0.15) is 0 Å². The largest absolute Gasteiger partial charge is 0.378 e. The molecule has 98 valence electrons. The van der Waals surface area contributed by atoms with E-state index in [-0.39, 0.29) is 11.9 Å². The number of amides is 1. The van der Waals surface area contributed by atoms with Crippen LogP contribution in [-0.2, 0) is 4.74 Å². The predicted octanol–water partition coefficient (Wildman–Crippen LogP) is 1.48. The minimum absolute atomic E-state index is 0.0348. The van der Waals surface area contributed by atoms with Gasteiger partial charge < -0.3 is 15.4 Å². The predicted molar refractivity (Wildman–Crippen MR) is 73.8 cm³/mol. The van der Waals surface area contributed by atoms with E-state index >= 15 is 0 Å². The van der Waals surface area contributed by atoms with Crippen molar-refractivity contribution in [2.45, 2.75) is 13.0 Å². The molecule has 2 rings (SSSR count). The maximum Gasteiger partial charge on any atom is 0.251 e. The molecule has 1 aliphatic rings. The van der Waals surface area contributed by atoms with Crippen LogP contribution in [0.1, 0.15) is 15.9 Å². The summed E-state index contributed by atoms with van der Waals surface area (Å²) >= 11 is 3.39. The number of benzene rings is 1. The Balaban J connectivity index is 1.90. The minimum atomic E-state index is -0.0348.